The molecule has 1 amide bonds. The number of thiophene rings is 1. The smallest absolute Gasteiger partial charge is 0.224 e. The van der Waals surface area contributed by atoms with Gasteiger partial charge in [0.2, 0.25) is 5.91 Å². The third-order valence-corrected chi connectivity index (χ3v) is 5.73. The van der Waals surface area contributed by atoms with Gasteiger partial charge in [-0.15, -0.1) is 11.3 Å². The zero-order valence-electron chi connectivity index (χ0n) is 15.6. The molecule has 0 unspecified atom stereocenters. The maximum atomic E-state index is 12.4. The Morgan fingerprint density at radius 1 is 1.19 bits per heavy atom. The molecule has 3 rings (SSSR count). The Labute approximate surface area is 159 Å². The maximum absolute atomic E-state index is 12.4. The van der Waals surface area contributed by atoms with Gasteiger partial charge in [0.1, 0.15) is 0 Å². The van der Waals surface area contributed by atoms with Gasteiger partial charge in [-0.05, 0) is 36.4 Å². The van der Waals surface area contributed by atoms with Gasteiger partial charge in [-0.3, -0.25) is 9.69 Å². The molecule has 0 radical (unpaired) electrons. The molecule has 6 heteroatoms. The van der Waals surface area contributed by atoms with Crippen molar-refractivity contribution in [2.24, 2.45) is 0 Å². The second kappa shape index (κ2) is 8.56. The highest BCUT2D eigenvalue weighted by molar-refractivity contribution is 7.09. The van der Waals surface area contributed by atoms with Gasteiger partial charge in [0.05, 0.1) is 14.2 Å². The zero-order valence-corrected chi connectivity index (χ0v) is 16.4. The maximum Gasteiger partial charge on any atom is 0.224 e. The van der Waals surface area contributed by atoms with E-state index in [1.807, 2.05) is 23.1 Å². The van der Waals surface area contributed by atoms with E-state index in [4.69, 9.17) is 9.47 Å². The van der Waals surface area contributed by atoms with Crippen LogP contribution in [0.5, 0.6) is 11.5 Å². The third-order valence-electron chi connectivity index (χ3n) is 4.87. The molecule has 26 heavy (non-hydrogen) atoms. The van der Waals surface area contributed by atoms with Gasteiger partial charge in [-0.1, -0.05) is 6.07 Å². The largest absolute Gasteiger partial charge is 0.493 e. The molecule has 1 aliphatic heterocycles. The molecule has 1 aliphatic rings. The van der Waals surface area contributed by atoms with Gasteiger partial charge in [0.25, 0.3) is 0 Å². The van der Waals surface area contributed by atoms with Crippen molar-refractivity contribution in [3.63, 3.8) is 0 Å². The topological polar surface area (TPSA) is 42.0 Å². The van der Waals surface area contributed by atoms with Crippen LogP contribution in [-0.4, -0.2) is 44.2 Å². The fraction of sp³-hybridized carbons (Fsp3) is 0.450. The van der Waals surface area contributed by atoms with Crippen molar-refractivity contribution in [3.05, 3.63) is 40.6 Å². The van der Waals surface area contributed by atoms with Gasteiger partial charge in [-0.25, -0.2) is 0 Å². The summed E-state index contributed by atoms with van der Waals surface area (Å²) in [6, 6.07) is 10.2. The normalized spacial score (nSPS) is 15.7. The zero-order chi connectivity index (χ0) is 18.5. The van der Waals surface area contributed by atoms with Crippen LogP contribution in [0, 0.1) is 0 Å². The van der Waals surface area contributed by atoms with E-state index in [2.05, 4.69) is 22.4 Å². The minimum atomic E-state index is 0.0638. The summed E-state index contributed by atoms with van der Waals surface area (Å²) < 4.78 is 10.7. The Balaban J connectivity index is 1.70. The first-order chi connectivity index (χ1) is 12.6. The SMILES string of the molecule is COc1ccc(N(C(C)=O)C2CCN(Cc3cccs3)CC2)cc1OC. The molecular weight excluding hydrogens is 348 g/mol. The molecule has 0 saturated carbocycles. The first kappa shape index (κ1) is 18.7. The predicted molar refractivity (Wildman–Crippen MR) is 105 cm³/mol. The van der Waals surface area contributed by atoms with Crippen LogP contribution in [0.25, 0.3) is 0 Å². The van der Waals surface area contributed by atoms with Gasteiger partial charge in [0, 0.05) is 49.2 Å². The molecule has 0 bridgehead atoms. The summed E-state index contributed by atoms with van der Waals surface area (Å²) in [5.74, 6) is 1.38. The van der Waals surface area contributed by atoms with Gasteiger partial charge >= 0.3 is 0 Å². The molecule has 0 N–H and O–H groups in total. The minimum Gasteiger partial charge on any atom is -0.493 e. The number of hydrogen-bond acceptors (Lipinski definition) is 5. The lowest BCUT2D eigenvalue weighted by Gasteiger charge is -2.38. The van der Waals surface area contributed by atoms with E-state index < -0.39 is 0 Å². The number of piperidine rings is 1. The average molecular weight is 375 g/mol. The van der Waals surface area contributed by atoms with Crippen LogP contribution in [0.1, 0.15) is 24.6 Å². The van der Waals surface area contributed by atoms with E-state index in [1.165, 1.54) is 4.88 Å². The van der Waals surface area contributed by atoms with Crippen molar-refractivity contribution in [2.75, 3.05) is 32.2 Å². The summed E-state index contributed by atoms with van der Waals surface area (Å²) in [7, 11) is 3.23. The number of methoxy groups -OCH3 is 2. The number of likely N-dealkylation sites (tertiary alicyclic amines) is 1. The number of carbonyl (C=O) groups excluding carboxylic acids is 1. The fourth-order valence-corrected chi connectivity index (χ4v) is 4.33. The molecule has 0 spiro atoms. The highest BCUT2D eigenvalue weighted by Crippen LogP contribution is 2.34. The second-order valence-electron chi connectivity index (χ2n) is 6.51. The second-order valence-corrected chi connectivity index (χ2v) is 7.55. The number of nitrogens with zero attached hydrogens (tertiary/aromatic N) is 2. The van der Waals surface area contributed by atoms with E-state index in [0.29, 0.717) is 11.5 Å². The number of amides is 1. The quantitative estimate of drug-likeness (QED) is 0.772. The lowest BCUT2D eigenvalue weighted by atomic mass is 10.0. The van der Waals surface area contributed by atoms with Crippen LogP contribution < -0.4 is 14.4 Å². The molecule has 1 saturated heterocycles. The van der Waals surface area contributed by atoms with Crippen LogP contribution in [0.15, 0.2) is 35.7 Å². The van der Waals surface area contributed by atoms with Crippen LogP contribution >= 0.6 is 11.3 Å². The number of rotatable bonds is 6. The minimum absolute atomic E-state index is 0.0638. The first-order valence-electron chi connectivity index (χ1n) is 8.89. The van der Waals surface area contributed by atoms with E-state index in [9.17, 15) is 4.79 Å². The van der Waals surface area contributed by atoms with Crippen molar-refractivity contribution in [1.82, 2.24) is 4.90 Å². The van der Waals surface area contributed by atoms with Crippen molar-refractivity contribution < 1.29 is 14.3 Å². The summed E-state index contributed by atoms with van der Waals surface area (Å²) in [6.45, 7) is 4.63. The fourth-order valence-electron chi connectivity index (χ4n) is 3.58. The van der Waals surface area contributed by atoms with Crippen LogP contribution in [-0.2, 0) is 11.3 Å². The number of hydrogen-bond donors (Lipinski definition) is 0. The van der Waals surface area contributed by atoms with E-state index in [0.717, 1.165) is 38.2 Å². The summed E-state index contributed by atoms with van der Waals surface area (Å²) in [4.78, 5) is 18.1. The summed E-state index contributed by atoms with van der Waals surface area (Å²) in [5, 5.41) is 2.12. The Morgan fingerprint density at radius 3 is 2.50 bits per heavy atom. The van der Waals surface area contributed by atoms with Gasteiger partial charge in [0.15, 0.2) is 11.5 Å². The van der Waals surface area contributed by atoms with Crippen molar-refractivity contribution in [3.8, 4) is 11.5 Å². The number of carbonyl (C=O) groups is 1. The summed E-state index contributed by atoms with van der Waals surface area (Å²) in [6.07, 6.45) is 1.94. The van der Waals surface area contributed by atoms with Crippen molar-refractivity contribution in [2.45, 2.75) is 32.4 Å². The molecule has 5 nitrogen and oxygen atoms in total. The molecule has 2 aromatic rings. The molecule has 1 aromatic heterocycles. The Bertz CT molecular complexity index is 725. The first-order valence-corrected chi connectivity index (χ1v) is 9.77. The van der Waals surface area contributed by atoms with Crippen molar-refractivity contribution >= 4 is 22.9 Å². The Kier molecular flexibility index (Phi) is 6.16. The number of benzene rings is 1. The molecule has 1 fully saturated rings. The lowest BCUT2D eigenvalue weighted by Crippen LogP contribution is -2.46. The molecular formula is C20H26N2O3S. The third kappa shape index (κ3) is 4.19. The van der Waals surface area contributed by atoms with E-state index >= 15 is 0 Å². The van der Waals surface area contributed by atoms with Gasteiger partial charge < -0.3 is 14.4 Å². The standard InChI is InChI=1S/C20H26N2O3S/c1-15(23)22(17-6-7-19(24-2)20(13-17)25-3)16-8-10-21(11-9-16)14-18-5-4-12-26-18/h4-7,12-13,16H,8-11,14H2,1-3H3. The molecule has 0 aliphatic carbocycles. The highest BCUT2D eigenvalue weighted by atomic mass is 32.1. The Morgan fingerprint density at radius 2 is 1.92 bits per heavy atom. The highest BCUT2D eigenvalue weighted by Gasteiger charge is 2.28. The van der Waals surface area contributed by atoms with Crippen LogP contribution in [0.4, 0.5) is 5.69 Å². The van der Waals surface area contributed by atoms with Crippen molar-refractivity contribution in [1.29, 1.82) is 0 Å². The monoisotopic (exact) mass is 374 g/mol. The molecule has 1 aromatic carbocycles. The van der Waals surface area contributed by atoms with E-state index in [-0.39, 0.29) is 11.9 Å². The number of anilines is 1. The van der Waals surface area contributed by atoms with Crippen LogP contribution in [0.2, 0.25) is 0 Å². The molecule has 0 atom stereocenters. The summed E-state index contributed by atoms with van der Waals surface area (Å²) >= 11 is 1.80. The summed E-state index contributed by atoms with van der Waals surface area (Å²) in [5.41, 5.74) is 0.867. The molecule has 2 heterocycles. The predicted octanol–water partition coefficient (Wildman–Crippen LogP) is 3.78. The average Bonchev–Trinajstić information content (AvgIpc) is 3.16. The Hall–Kier alpha value is -2.05. The van der Waals surface area contributed by atoms with Gasteiger partial charge in [-0.2, -0.15) is 0 Å². The lowest BCUT2D eigenvalue weighted by molar-refractivity contribution is -0.117. The molecule has 140 valence electrons. The number of ether oxygens (including phenoxy) is 2. The van der Waals surface area contributed by atoms with E-state index in [1.54, 1.807) is 32.5 Å². The van der Waals surface area contributed by atoms with Crippen LogP contribution in [0.3, 0.4) is 0 Å².